The maximum atomic E-state index is 13.5. The largest absolute Gasteiger partial charge is 0.368 e. The fourth-order valence-electron chi connectivity index (χ4n) is 4.89. The third-order valence-electron chi connectivity index (χ3n) is 7.06. The molecule has 2 aromatic heterocycles. The number of H-pyrrole nitrogens is 1. The van der Waals surface area contributed by atoms with Gasteiger partial charge in [-0.25, -0.2) is 9.97 Å². The predicted octanol–water partition coefficient (Wildman–Crippen LogP) is 4.52. The summed E-state index contributed by atoms with van der Waals surface area (Å²) in [6.45, 7) is 3.26. The monoisotopic (exact) mass is 541 g/mol. The van der Waals surface area contributed by atoms with Gasteiger partial charge in [-0.1, -0.05) is 54.1 Å². The number of nitrogens with zero attached hydrogens (tertiary/aromatic N) is 4. The van der Waals surface area contributed by atoms with Crippen molar-refractivity contribution in [2.24, 2.45) is 0 Å². The first kappa shape index (κ1) is 26.2. The summed E-state index contributed by atoms with van der Waals surface area (Å²) in [7, 11) is 0. The average Bonchev–Trinajstić information content (AvgIpc) is 3.40. The molecule has 1 aliphatic rings. The van der Waals surface area contributed by atoms with Crippen molar-refractivity contribution < 1.29 is 9.59 Å². The molecule has 3 N–H and O–H groups in total. The summed E-state index contributed by atoms with van der Waals surface area (Å²) < 4.78 is 0. The van der Waals surface area contributed by atoms with Crippen LogP contribution in [0.5, 0.6) is 0 Å². The third-order valence-corrected chi connectivity index (χ3v) is 7.31. The highest BCUT2D eigenvalue weighted by Gasteiger charge is 2.38. The molecule has 0 atom stereocenters. The minimum Gasteiger partial charge on any atom is -0.368 e. The molecule has 2 amide bonds. The van der Waals surface area contributed by atoms with Gasteiger partial charge in [0.2, 0.25) is 5.91 Å². The summed E-state index contributed by atoms with van der Waals surface area (Å²) >= 11 is 6.04. The molecule has 0 unspecified atom stereocenters. The molecule has 1 fully saturated rings. The molecule has 9 nitrogen and oxygen atoms in total. The van der Waals surface area contributed by atoms with Crippen LogP contribution in [0.3, 0.4) is 0 Å². The maximum absolute atomic E-state index is 13.5. The summed E-state index contributed by atoms with van der Waals surface area (Å²) in [5.41, 5.74) is 2.07. The molecule has 0 radical (unpaired) electrons. The van der Waals surface area contributed by atoms with Crippen molar-refractivity contribution in [2.75, 3.05) is 31.5 Å². The first-order chi connectivity index (χ1) is 18.9. The Labute approximate surface area is 231 Å². The van der Waals surface area contributed by atoms with E-state index >= 15 is 0 Å². The van der Waals surface area contributed by atoms with Gasteiger partial charge < -0.3 is 20.5 Å². The number of carbonyl (C=O) groups excluding carboxylic acids is 2. The smallest absolute Gasteiger partial charge is 0.270 e. The highest BCUT2D eigenvalue weighted by molar-refractivity contribution is 6.30. The van der Waals surface area contributed by atoms with Gasteiger partial charge in [0.15, 0.2) is 5.82 Å². The van der Waals surface area contributed by atoms with Gasteiger partial charge >= 0.3 is 0 Å². The second-order valence-electron chi connectivity index (χ2n) is 9.61. The lowest BCUT2D eigenvalue weighted by Crippen LogP contribution is -2.44. The van der Waals surface area contributed by atoms with E-state index in [-0.39, 0.29) is 11.8 Å². The topological polar surface area (TPSA) is 127 Å². The molecule has 1 aliphatic heterocycles. The van der Waals surface area contributed by atoms with Crippen molar-refractivity contribution >= 4 is 40.3 Å². The molecule has 4 aromatic rings. The average molecular weight is 542 g/mol. The van der Waals surface area contributed by atoms with Crippen LogP contribution < -0.4 is 10.6 Å². The van der Waals surface area contributed by atoms with Crippen molar-refractivity contribution in [3.8, 4) is 17.5 Å². The van der Waals surface area contributed by atoms with Crippen LogP contribution >= 0.6 is 11.6 Å². The molecule has 2 aromatic carbocycles. The van der Waals surface area contributed by atoms with Crippen molar-refractivity contribution in [1.82, 2.24) is 25.2 Å². The number of aromatic nitrogens is 3. The number of rotatable bonds is 7. The van der Waals surface area contributed by atoms with E-state index in [4.69, 9.17) is 21.6 Å². The fourth-order valence-corrected chi connectivity index (χ4v) is 5.02. The number of anilines is 1. The predicted molar refractivity (Wildman–Crippen MR) is 150 cm³/mol. The highest BCUT2D eigenvalue weighted by atomic mass is 35.5. The van der Waals surface area contributed by atoms with Gasteiger partial charge in [-0.3, -0.25) is 9.59 Å². The number of carbonyl (C=O) groups is 2. The number of hydrogen-bond acceptors (Lipinski definition) is 6. The Morgan fingerprint density at radius 2 is 1.79 bits per heavy atom. The minimum absolute atomic E-state index is 0.109. The first-order valence-corrected chi connectivity index (χ1v) is 13.2. The molecule has 0 bridgehead atoms. The Morgan fingerprint density at radius 3 is 2.46 bits per heavy atom. The van der Waals surface area contributed by atoms with Gasteiger partial charge in [0, 0.05) is 43.7 Å². The Kier molecular flexibility index (Phi) is 7.48. The molecule has 5 rings (SSSR count). The van der Waals surface area contributed by atoms with Gasteiger partial charge in [0.05, 0.1) is 16.9 Å². The summed E-state index contributed by atoms with van der Waals surface area (Å²) in [5, 5.41) is 17.4. The van der Waals surface area contributed by atoms with Gasteiger partial charge in [0.25, 0.3) is 5.91 Å². The summed E-state index contributed by atoms with van der Waals surface area (Å²) in [4.78, 5) is 39.2. The molecule has 0 aliphatic carbocycles. The number of halogens is 1. The number of piperidine rings is 1. The van der Waals surface area contributed by atoms with E-state index in [0.29, 0.717) is 72.4 Å². The molecule has 1 saturated heterocycles. The van der Waals surface area contributed by atoms with Crippen molar-refractivity contribution in [3.05, 3.63) is 76.9 Å². The van der Waals surface area contributed by atoms with Crippen molar-refractivity contribution in [2.45, 2.75) is 25.2 Å². The van der Waals surface area contributed by atoms with Crippen LogP contribution in [0.1, 0.15) is 35.8 Å². The van der Waals surface area contributed by atoms with Gasteiger partial charge in [0.1, 0.15) is 17.2 Å². The zero-order valence-corrected chi connectivity index (χ0v) is 22.3. The van der Waals surface area contributed by atoms with E-state index in [0.717, 1.165) is 11.1 Å². The van der Waals surface area contributed by atoms with Gasteiger partial charge in [-0.2, -0.15) is 5.26 Å². The lowest BCUT2D eigenvalue weighted by Gasteiger charge is -2.37. The van der Waals surface area contributed by atoms with Crippen LogP contribution in [0.4, 0.5) is 5.82 Å². The lowest BCUT2D eigenvalue weighted by atomic mass is 9.74. The second kappa shape index (κ2) is 11.1. The quantitative estimate of drug-likeness (QED) is 0.295. The number of amides is 2. The molecule has 0 saturated carbocycles. The number of likely N-dealkylation sites (tertiary alicyclic amines) is 1. The second-order valence-corrected chi connectivity index (χ2v) is 10.0. The van der Waals surface area contributed by atoms with Gasteiger partial charge in [-0.15, -0.1) is 0 Å². The standard InChI is InChI=1S/C29H28ClN7O2/c1-19(38)32-13-14-33-26-23-17-24(34-27(23)36-25(35-26)20-5-3-2-4-6-20)28(39)37-15-11-29(18-31,12-16-37)21-7-9-22(30)10-8-21/h2-10,17H,11-16H2,1H3,(H,32,38)(H2,33,34,35,36). The molecule has 0 spiro atoms. The Bertz CT molecular complexity index is 1540. The van der Waals surface area contributed by atoms with E-state index in [1.165, 1.54) is 6.92 Å². The number of fused-ring (bicyclic) bond motifs is 1. The molecular formula is C29H28ClN7O2. The number of aromatic amines is 1. The van der Waals surface area contributed by atoms with E-state index in [2.05, 4.69) is 21.7 Å². The number of nitriles is 1. The highest BCUT2D eigenvalue weighted by Crippen LogP contribution is 2.36. The van der Waals surface area contributed by atoms with Crippen molar-refractivity contribution in [1.29, 1.82) is 5.26 Å². The van der Waals surface area contributed by atoms with E-state index < -0.39 is 5.41 Å². The van der Waals surface area contributed by atoms with E-state index in [1.807, 2.05) is 42.5 Å². The molecular weight excluding hydrogens is 514 g/mol. The molecule has 198 valence electrons. The van der Waals surface area contributed by atoms with E-state index in [1.54, 1.807) is 23.1 Å². The third kappa shape index (κ3) is 5.56. The lowest BCUT2D eigenvalue weighted by molar-refractivity contribution is -0.118. The van der Waals surface area contributed by atoms with Crippen LogP contribution in [0, 0.1) is 11.3 Å². The summed E-state index contributed by atoms with van der Waals surface area (Å²) in [6, 6.07) is 21.2. The fraction of sp³-hybridized carbons (Fsp3) is 0.276. The van der Waals surface area contributed by atoms with Crippen molar-refractivity contribution in [3.63, 3.8) is 0 Å². The van der Waals surface area contributed by atoms with Crippen LogP contribution in [0.2, 0.25) is 5.02 Å². The van der Waals surface area contributed by atoms with Crippen LogP contribution in [0.25, 0.3) is 22.4 Å². The molecule has 10 heteroatoms. The zero-order chi connectivity index (χ0) is 27.4. The molecule has 3 heterocycles. The van der Waals surface area contributed by atoms with Crippen LogP contribution in [-0.4, -0.2) is 57.8 Å². The maximum Gasteiger partial charge on any atom is 0.270 e. The number of hydrogen-bond donors (Lipinski definition) is 3. The van der Waals surface area contributed by atoms with Crippen LogP contribution in [-0.2, 0) is 10.2 Å². The SMILES string of the molecule is CC(=O)NCCNc1nc(-c2ccccc2)nc2[nH]c(C(=O)N3CCC(C#N)(c4ccc(Cl)cc4)CC3)cc12. The Hall–Kier alpha value is -4.42. The first-order valence-electron chi connectivity index (χ1n) is 12.8. The molecule has 39 heavy (non-hydrogen) atoms. The number of benzene rings is 2. The minimum atomic E-state index is -0.650. The summed E-state index contributed by atoms with van der Waals surface area (Å²) in [5.74, 6) is 0.832. The van der Waals surface area contributed by atoms with E-state index in [9.17, 15) is 14.9 Å². The number of nitrogens with one attached hydrogen (secondary N) is 3. The Morgan fingerprint density at radius 1 is 1.08 bits per heavy atom. The summed E-state index contributed by atoms with van der Waals surface area (Å²) in [6.07, 6.45) is 1.07. The zero-order valence-electron chi connectivity index (χ0n) is 21.5. The normalized spacial score (nSPS) is 14.5. The van der Waals surface area contributed by atoms with Crippen LogP contribution in [0.15, 0.2) is 60.7 Å². The van der Waals surface area contributed by atoms with Gasteiger partial charge in [-0.05, 0) is 36.6 Å². The Balaban J connectivity index is 1.39.